The predicted molar refractivity (Wildman–Crippen MR) is 78.4 cm³/mol. The molecule has 20 heavy (non-hydrogen) atoms. The minimum Gasteiger partial charge on any atom is -0.334 e. The molecule has 1 saturated carbocycles. The number of halogens is 1. The summed E-state index contributed by atoms with van der Waals surface area (Å²) in [4.78, 5) is 4.52. The molecule has 5 heteroatoms. The molecule has 2 N–H and O–H groups in total. The Balaban J connectivity index is 1.93. The van der Waals surface area contributed by atoms with Crippen LogP contribution in [0.4, 0.5) is 0 Å². The van der Waals surface area contributed by atoms with Gasteiger partial charge in [-0.1, -0.05) is 36.0 Å². The Bertz CT molecular complexity index is 617. The molecule has 0 spiro atoms. The molecule has 0 atom stereocenters. The van der Waals surface area contributed by atoms with Crippen molar-refractivity contribution in [3.63, 3.8) is 0 Å². The summed E-state index contributed by atoms with van der Waals surface area (Å²) in [6, 6.07) is 5.62. The number of benzene rings is 1. The van der Waals surface area contributed by atoms with Crippen LogP contribution < -0.4 is 5.73 Å². The molecule has 0 amide bonds. The molecule has 1 aromatic carbocycles. The van der Waals surface area contributed by atoms with Crippen molar-refractivity contribution >= 4 is 11.6 Å². The van der Waals surface area contributed by atoms with Gasteiger partial charge in [0.05, 0.1) is 5.54 Å². The third-order valence-corrected chi connectivity index (χ3v) is 4.27. The highest BCUT2D eigenvalue weighted by Crippen LogP contribution is 2.34. The lowest BCUT2D eigenvalue weighted by atomic mass is 9.82. The van der Waals surface area contributed by atoms with Crippen LogP contribution in [0.1, 0.15) is 43.5 Å². The predicted octanol–water partition coefficient (Wildman–Crippen LogP) is 3.82. The zero-order valence-electron chi connectivity index (χ0n) is 11.5. The number of aromatic nitrogens is 2. The number of nitrogens with two attached hydrogens (primary N) is 1. The molecular formula is C15H18ClN3O. The van der Waals surface area contributed by atoms with Gasteiger partial charge >= 0.3 is 0 Å². The van der Waals surface area contributed by atoms with Gasteiger partial charge in [-0.15, -0.1) is 0 Å². The maximum absolute atomic E-state index is 6.43. The second-order valence-electron chi connectivity index (χ2n) is 5.60. The molecule has 1 heterocycles. The van der Waals surface area contributed by atoms with Gasteiger partial charge in [-0.05, 0) is 43.5 Å². The van der Waals surface area contributed by atoms with Crippen molar-refractivity contribution in [3.8, 4) is 11.5 Å². The summed E-state index contributed by atoms with van der Waals surface area (Å²) in [5.41, 5.74) is 7.92. The lowest BCUT2D eigenvalue weighted by molar-refractivity contribution is 0.275. The molecule has 2 aromatic rings. The standard InChI is InChI=1S/C15H18ClN3O/c1-10-9-11(16)5-6-12(10)13-18-14(19-20-13)15(17)7-3-2-4-8-15/h5-6,9H,2-4,7-8,17H2,1H3. The largest absolute Gasteiger partial charge is 0.334 e. The summed E-state index contributed by atoms with van der Waals surface area (Å²) < 4.78 is 5.41. The number of hydrogen-bond donors (Lipinski definition) is 1. The highest BCUT2D eigenvalue weighted by atomic mass is 35.5. The SMILES string of the molecule is Cc1cc(Cl)ccc1-c1nc(C2(N)CCCCC2)no1. The van der Waals surface area contributed by atoms with E-state index in [1.165, 1.54) is 6.42 Å². The fraction of sp³-hybridized carbons (Fsp3) is 0.467. The van der Waals surface area contributed by atoms with E-state index in [0.29, 0.717) is 16.7 Å². The first-order chi connectivity index (χ1) is 9.58. The van der Waals surface area contributed by atoms with Crippen LogP contribution in [0.3, 0.4) is 0 Å². The summed E-state index contributed by atoms with van der Waals surface area (Å²) >= 11 is 5.97. The summed E-state index contributed by atoms with van der Waals surface area (Å²) in [6.45, 7) is 1.98. The minimum absolute atomic E-state index is 0.430. The first kappa shape index (κ1) is 13.6. The molecule has 1 aromatic heterocycles. The van der Waals surface area contributed by atoms with E-state index in [0.717, 1.165) is 36.8 Å². The first-order valence-corrected chi connectivity index (χ1v) is 7.36. The van der Waals surface area contributed by atoms with Crippen molar-refractivity contribution in [2.75, 3.05) is 0 Å². The number of nitrogens with zero attached hydrogens (tertiary/aromatic N) is 2. The number of aryl methyl sites for hydroxylation is 1. The van der Waals surface area contributed by atoms with E-state index in [9.17, 15) is 0 Å². The van der Waals surface area contributed by atoms with Crippen LogP contribution in [0.2, 0.25) is 5.02 Å². The molecule has 0 radical (unpaired) electrons. The van der Waals surface area contributed by atoms with Crippen molar-refractivity contribution in [1.82, 2.24) is 10.1 Å². The van der Waals surface area contributed by atoms with Crippen molar-refractivity contribution in [1.29, 1.82) is 0 Å². The molecule has 0 unspecified atom stereocenters. The van der Waals surface area contributed by atoms with Gasteiger partial charge in [0, 0.05) is 10.6 Å². The van der Waals surface area contributed by atoms with Crippen LogP contribution in [0.25, 0.3) is 11.5 Å². The second kappa shape index (κ2) is 5.19. The normalized spacial score (nSPS) is 18.1. The zero-order chi connectivity index (χ0) is 14.2. The van der Waals surface area contributed by atoms with Gasteiger partial charge < -0.3 is 10.3 Å². The maximum atomic E-state index is 6.43. The molecular weight excluding hydrogens is 274 g/mol. The van der Waals surface area contributed by atoms with Crippen molar-refractivity contribution in [2.45, 2.75) is 44.6 Å². The molecule has 106 valence electrons. The molecule has 4 nitrogen and oxygen atoms in total. The van der Waals surface area contributed by atoms with Gasteiger partial charge in [-0.3, -0.25) is 0 Å². The van der Waals surface area contributed by atoms with E-state index >= 15 is 0 Å². The van der Waals surface area contributed by atoms with Gasteiger partial charge in [0.15, 0.2) is 5.82 Å². The fourth-order valence-corrected chi connectivity index (χ4v) is 3.04. The highest BCUT2D eigenvalue weighted by molar-refractivity contribution is 6.30. The Hall–Kier alpha value is -1.39. The third-order valence-electron chi connectivity index (χ3n) is 4.04. The topological polar surface area (TPSA) is 64.9 Å². The van der Waals surface area contributed by atoms with Gasteiger partial charge in [0.2, 0.25) is 0 Å². The molecule has 1 aliphatic rings. The van der Waals surface area contributed by atoms with Gasteiger partial charge in [-0.25, -0.2) is 0 Å². The van der Waals surface area contributed by atoms with E-state index in [1.54, 1.807) is 0 Å². The van der Waals surface area contributed by atoms with Gasteiger partial charge in [-0.2, -0.15) is 4.98 Å². The quantitative estimate of drug-likeness (QED) is 0.913. The van der Waals surface area contributed by atoms with Crippen LogP contribution >= 0.6 is 11.6 Å². The van der Waals surface area contributed by atoms with Crippen LogP contribution in [0, 0.1) is 6.92 Å². The first-order valence-electron chi connectivity index (χ1n) is 6.98. The van der Waals surface area contributed by atoms with E-state index in [1.807, 2.05) is 25.1 Å². The van der Waals surface area contributed by atoms with Crippen LogP contribution in [-0.4, -0.2) is 10.1 Å². The van der Waals surface area contributed by atoms with E-state index in [2.05, 4.69) is 10.1 Å². The molecule has 0 saturated heterocycles. The Morgan fingerprint density at radius 1 is 1.25 bits per heavy atom. The molecule has 1 aliphatic carbocycles. The van der Waals surface area contributed by atoms with Gasteiger partial charge in [0.1, 0.15) is 0 Å². The molecule has 1 fully saturated rings. The lowest BCUT2D eigenvalue weighted by Gasteiger charge is -2.29. The summed E-state index contributed by atoms with van der Waals surface area (Å²) in [7, 11) is 0. The zero-order valence-corrected chi connectivity index (χ0v) is 12.3. The monoisotopic (exact) mass is 291 g/mol. The fourth-order valence-electron chi connectivity index (χ4n) is 2.81. The third kappa shape index (κ3) is 2.45. The number of rotatable bonds is 2. The van der Waals surface area contributed by atoms with Crippen molar-refractivity contribution in [2.24, 2.45) is 5.73 Å². The van der Waals surface area contributed by atoms with Crippen LogP contribution in [0.15, 0.2) is 22.7 Å². The van der Waals surface area contributed by atoms with Crippen molar-refractivity contribution in [3.05, 3.63) is 34.6 Å². The Labute approximate surface area is 123 Å². The lowest BCUT2D eigenvalue weighted by Crippen LogP contribution is -2.39. The molecule has 0 bridgehead atoms. The maximum Gasteiger partial charge on any atom is 0.258 e. The van der Waals surface area contributed by atoms with Gasteiger partial charge in [0.25, 0.3) is 5.89 Å². The van der Waals surface area contributed by atoms with Crippen LogP contribution in [0.5, 0.6) is 0 Å². The summed E-state index contributed by atoms with van der Waals surface area (Å²) in [5.74, 6) is 1.14. The van der Waals surface area contributed by atoms with Crippen LogP contribution in [-0.2, 0) is 5.54 Å². The van der Waals surface area contributed by atoms with E-state index in [-0.39, 0.29) is 0 Å². The second-order valence-corrected chi connectivity index (χ2v) is 6.04. The van der Waals surface area contributed by atoms with E-state index in [4.69, 9.17) is 21.9 Å². The summed E-state index contributed by atoms with van der Waals surface area (Å²) in [6.07, 6.45) is 5.33. The average Bonchev–Trinajstić information content (AvgIpc) is 2.90. The minimum atomic E-state index is -0.430. The molecule has 0 aliphatic heterocycles. The smallest absolute Gasteiger partial charge is 0.258 e. The van der Waals surface area contributed by atoms with Crippen molar-refractivity contribution < 1.29 is 4.52 Å². The Morgan fingerprint density at radius 2 is 2.00 bits per heavy atom. The summed E-state index contributed by atoms with van der Waals surface area (Å²) in [5, 5.41) is 4.81. The molecule has 3 rings (SSSR count). The number of hydrogen-bond acceptors (Lipinski definition) is 4. The Kier molecular flexibility index (Phi) is 3.52. The average molecular weight is 292 g/mol. The highest BCUT2D eigenvalue weighted by Gasteiger charge is 2.34. The van der Waals surface area contributed by atoms with E-state index < -0.39 is 5.54 Å². The Morgan fingerprint density at radius 3 is 2.70 bits per heavy atom.